The maximum absolute atomic E-state index is 12.1. The Morgan fingerprint density at radius 2 is 1.96 bits per heavy atom. The van der Waals surface area contributed by atoms with E-state index < -0.39 is 5.97 Å². The molecule has 0 spiro atoms. The lowest BCUT2D eigenvalue weighted by Gasteiger charge is -1.98. The molecule has 0 bridgehead atoms. The van der Waals surface area contributed by atoms with Gasteiger partial charge >= 0.3 is 5.97 Å². The van der Waals surface area contributed by atoms with Gasteiger partial charge < -0.3 is 9.15 Å². The number of esters is 1. The number of aliphatic imine (C=N–C) groups is 1. The lowest BCUT2D eigenvalue weighted by molar-refractivity contribution is -0.129. The molecule has 3 aromatic rings. The number of ether oxygens (including phenoxy) is 1. The normalized spacial score (nSPS) is 15.5. The zero-order valence-corrected chi connectivity index (χ0v) is 13.8. The van der Waals surface area contributed by atoms with Crippen LogP contribution in [0.4, 0.5) is 0 Å². The van der Waals surface area contributed by atoms with E-state index in [1.165, 1.54) is 0 Å². The van der Waals surface area contributed by atoms with Crippen molar-refractivity contribution in [2.24, 2.45) is 4.99 Å². The Hall–Kier alpha value is -3.41. The van der Waals surface area contributed by atoms with Gasteiger partial charge in [0.05, 0.1) is 17.4 Å². The zero-order chi connectivity index (χ0) is 17.4. The molecule has 25 heavy (non-hydrogen) atoms. The number of carbonyl (C=O) groups is 1. The van der Waals surface area contributed by atoms with Crippen molar-refractivity contribution in [3.63, 3.8) is 0 Å². The molecule has 0 unspecified atom stereocenters. The second-order valence-electron chi connectivity index (χ2n) is 5.72. The van der Waals surface area contributed by atoms with Crippen molar-refractivity contribution in [1.82, 2.24) is 9.78 Å². The third-order valence-electron chi connectivity index (χ3n) is 3.82. The monoisotopic (exact) mass is 333 g/mol. The molecule has 1 aliphatic rings. The first-order valence-electron chi connectivity index (χ1n) is 7.80. The summed E-state index contributed by atoms with van der Waals surface area (Å²) in [6.45, 7) is 3.65. The molecule has 1 aliphatic heterocycles. The number of rotatable bonds is 3. The lowest BCUT2D eigenvalue weighted by atomic mass is 10.2. The van der Waals surface area contributed by atoms with Crippen LogP contribution in [0.25, 0.3) is 11.8 Å². The van der Waals surface area contributed by atoms with Gasteiger partial charge in [0.1, 0.15) is 11.5 Å². The second kappa shape index (κ2) is 5.90. The lowest BCUT2D eigenvalue weighted by Crippen LogP contribution is -2.05. The average molecular weight is 333 g/mol. The van der Waals surface area contributed by atoms with Gasteiger partial charge in [-0.3, -0.25) is 0 Å². The van der Waals surface area contributed by atoms with Crippen LogP contribution in [-0.4, -0.2) is 21.6 Å². The molecular weight excluding hydrogens is 318 g/mol. The highest BCUT2D eigenvalue weighted by Crippen LogP contribution is 2.23. The van der Waals surface area contributed by atoms with Gasteiger partial charge in [-0.15, -0.1) is 0 Å². The Balaban J connectivity index is 1.64. The number of hydrogen-bond acceptors (Lipinski definition) is 5. The molecule has 124 valence electrons. The topological polar surface area (TPSA) is 69.6 Å². The molecule has 0 amide bonds. The highest BCUT2D eigenvalue weighted by atomic mass is 16.6. The number of carbonyl (C=O) groups excluding carboxylic acids is 1. The third-order valence-corrected chi connectivity index (χ3v) is 3.82. The molecule has 0 saturated heterocycles. The summed E-state index contributed by atoms with van der Waals surface area (Å²) in [7, 11) is 0. The fraction of sp³-hybridized carbons (Fsp3) is 0.105. The molecule has 0 saturated carbocycles. The van der Waals surface area contributed by atoms with E-state index in [0.29, 0.717) is 11.3 Å². The minimum atomic E-state index is -0.485. The zero-order valence-electron chi connectivity index (χ0n) is 13.8. The third kappa shape index (κ3) is 2.89. The van der Waals surface area contributed by atoms with E-state index in [-0.39, 0.29) is 11.6 Å². The van der Waals surface area contributed by atoms with E-state index in [1.807, 2.05) is 50.4 Å². The number of aromatic nitrogens is 2. The quantitative estimate of drug-likeness (QED) is 0.544. The molecule has 0 aliphatic carbocycles. The predicted octanol–water partition coefficient (Wildman–Crippen LogP) is 3.43. The highest BCUT2D eigenvalue weighted by Gasteiger charge is 2.26. The first-order valence-corrected chi connectivity index (χ1v) is 7.80. The summed E-state index contributed by atoms with van der Waals surface area (Å²) in [5.41, 5.74) is 2.63. The summed E-state index contributed by atoms with van der Waals surface area (Å²) >= 11 is 0. The summed E-state index contributed by atoms with van der Waals surface area (Å²) in [6.07, 6.45) is 5.16. The molecular formula is C19H15N3O3. The summed E-state index contributed by atoms with van der Waals surface area (Å²) in [6, 6.07) is 11.5. The van der Waals surface area contributed by atoms with Gasteiger partial charge in [-0.05, 0) is 38.1 Å². The van der Waals surface area contributed by atoms with Crippen molar-refractivity contribution >= 4 is 17.9 Å². The number of nitrogens with zero attached hydrogens (tertiary/aromatic N) is 3. The molecule has 3 heterocycles. The Bertz CT molecular complexity index is 1010. The number of furan rings is 1. The minimum Gasteiger partial charge on any atom is -0.466 e. The van der Waals surface area contributed by atoms with E-state index in [0.717, 1.165) is 17.0 Å². The molecule has 0 fully saturated rings. The van der Waals surface area contributed by atoms with Crippen LogP contribution in [0.15, 0.2) is 63.9 Å². The minimum absolute atomic E-state index is 0.237. The van der Waals surface area contributed by atoms with Crippen LogP contribution >= 0.6 is 0 Å². The van der Waals surface area contributed by atoms with Gasteiger partial charge in [0.2, 0.25) is 5.90 Å². The van der Waals surface area contributed by atoms with Gasteiger partial charge in [0.25, 0.3) is 0 Å². The van der Waals surface area contributed by atoms with Crippen LogP contribution < -0.4 is 0 Å². The van der Waals surface area contributed by atoms with Crippen LogP contribution in [0.1, 0.15) is 22.6 Å². The molecule has 0 atom stereocenters. The molecule has 0 radical (unpaired) electrons. The Morgan fingerprint density at radius 1 is 1.16 bits per heavy atom. The number of cyclic esters (lactones) is 1. The maximum Gasteiger partial charge on any atom is 0.363 e. The average Bonchev–Trinajstić information content (AvgIpc) is 3.29. The first kappa shape index (κ1) is 15.1. The standard InChI is InChI=1S/C19H15N3O3/c1-12-8-16(13(2)24-12)18-21-17(19(23)25-18)9-14-10-20-22(11-14)15-6-4-3-5-7-15/h3-11H,1-2H3. The van der Waals surface area contributed by atoms with Crippen LogP contribution in [0.2, 0.25) is 0 Å². The van der Waals surface area contributed by atoms with Gasteiger partial charge in [-0.2, -0.15) is 5.10 Å². The van der Waals surface area contributed by atoms with Gasteiger partial charge in [-0.1, -0.05) is 18.2 Å². The predicted molar refractivity (Wildman–Crippen MR) is 92.4 cm³/mol. The Kier molecular flexibility index (Phi) is 3.57. The fourth-order valence-corrected chi connectivity index (χ4v) is 2.66. The largest absolute Gasteiger partial charge is 0.466 e. The van der Waals surface area contributed by atoms with Crippen LogP contribution in [0, 0.1) is 13.8 Å². The van der Waals surface area contributed by atoms with E-state index in [1.54, 1.807) is 23.0 Å². The molecule has 0 N–H and O–H groups in total. The summed E-state index contributed by atoms with van der Waals surface area (Å²) in [4.78, 5) is 16.4. The van der Waals surface area contributed by atoms with Crippen LogP contribution in [0.3, 0.4) is 0 Å². The van der Waals surface area contributed by atoms with Crippen molar-refractivity contribution in [3.8, 4) is 5.69 Å². The van der Waals surface area contributed by atoms with Gasteiger partial charge in [0.15, 0.2) is 5.70 Å². The van der Waals surface area contributed by atoms with Gasteiger partial charge in [0, 0.05) is 11.8 Å². The van der Waals surface area contributed by atoms with E-state index in [4.69, 9.17) is 9.15 Å². The SMILES string of the molecule is Cc1cc(C2=NC(=Cc3cnn(-c4ccccc4)c3)C(=O)O2)c(C)o1. The number of para-hydroxylation sites is 1. The number of hydrogen-bond donors (Lipinski definition) is 0. The Morgan fingerprint density at radius 3 is 2.68 bits per heavy atom. The van der Waals surface area contributed by atoms with E-state index in [9.17, 15) is 4.79 Å². The van der Waals surface area contributed by atoms with Crippen molar-refractivity contribution in [3.05, 3.63) is 77.1 Å². The van der Waals surface area contributed by atoms with Crippen LogP contribution in [-0.2, 0) is 9.53 Å². The fourth-order valence-electron chi connectivity index (χ4n) is 2.66. The molecule has 1 aromatic carbocycles. The van der Waals surface area contributed by atoms with Crippen molar-refractivity contribution in [1.29, 1.82) is 0 Å². The number of aryl methyl sites for hydroxylation is 2. The molecule has 6 heteroatoms. The van der Waals surface area contributed by atoms with Gasteiger partial charge in [-0.25, -0.2) is 14.5 Å². The molecule has 4 rings (SSSR count). The maximum atomic E-state index is 12.1. The molecule has 6 nitrogen and oxygen atoms in total. The van der Waals surface area contributed by atoms with Crippen LogP contribution in [0.5, 0.6) is 0 Å². The van der Waals surface area contributed by atoms with E-state index >= 15 is 0 Å². The van der Waals surface area contributed by atoms with Crippen molar-refractivity contribution in [2.75, 3.05) is 0 Å². The number of benzene rings is 1. The highest BCUT2D eigenvalue weighted by molar-refractivity contribution is 6.13. The summed E-state index contributed by atoms with van der Waals surface area (Å²) in [5.74, 6) is 1.19. The second-order valence-corrected chi connectivity index (χ2v) is 5.72. The summed E-state index contributed by atoms with van der Waals surface area (Å²) < 4.78 is 12.5. The van der Waals surface area contributed by atoms with Crippen molar-refractivity contribution < 1.29 is 13.9 Å². The first-order chi connectivity index (χ1) is 12.1. The smallest absolute Gasteiger partial charge is 0.363 e. The Labute approximate surface area is 144 Å². The molecule has 2 aromatic heterocycles. The van der Waals surface area contributed by atoms with Crippen molar-refractivity contribution in [2.45, 2.75) is 13.8 Å². The van der Waals surface area contributed by atoms with E-state index in [2.05, 4.69) is 10.1 Å². The summed E-state index contributed by atoms with van der Waals surface area (Å²) in [5, 5.41) is 4.30.